The average Bonchev–Trinajstić information content (AvgIpc) is 2.39. The second-order valence-corrected chi connectivity index (χ2v) is 5.01. The highest BCUT2D eigenvalue weighted by Crippen LogP contribution is 2.65. The molecule has 17 heteroatoms. The molecule has 0 fully saturated rings. The summed E-state index contributed by atoms with van der Waals surface area (Å²) < 4.78 is 196. The topological polar surface area (TPSA) is 29.5 Å². The van der Waals surface area contributed by atoms with Crippen LogP contribution in [-0.4, -0.2) is 59.7 Å². The van der Waals surface area contributed by atoms with E-state index >= 15 is 0 Å². The Labute approximate surface area is 138 Å². The van der Waals surface area contributed by atoms with Crippen LogP contribution >= 0.6 is 0 Å². The minimum atomic E-state index is -8.11. The molecule has 0 heterocycles. The molecule has 27 heavy (non-hydrogen) atoms. The van der Waals surface area contributed by atoms with E-state index in [-0.39, 0.29) is 6.92 Å². The van der Waals surface area contributed by atoms with Gasteiger partial charge >= 0.3 is 36.3 Å². The monoisotopic (exact) mass is 444 g/mol. The van der Waals surface area contributed by atoms with Gasteiger partial charge in [-0.15, -0.1) is 0 Å². The third-order valence-corrected chi connectivity index (χ3v) is 3.03. The van der Waals surface area contributed by atoms with Crippen LogP contribution in [0.15, 0.2) is 0 Å². The molecule has 164 valence electrons. The minimum Gasteiger partial charge on any atom is -0.394 e. The van der Waals surface area contributed by atoms with Gasteiger partial charge < -0.3 is 9.84 Å². The maximum absolute atomic E-state index is 13.5. The van der Waals surface area contributed by atoms with Crippen LogP contribution in [-0.2, 0) is 4.74 Å². The molecule has 0 aliphatic heterocycles. The van der Waals surface area contributed by atoms with Crippen LogP contribution < -0.4 is 0 Å². The number of hydrogen-bond acceptors (Lipinski definition) is 2. The van der Waals surface area contributed by atoms with E-state index in [0.29, 0.717) is 0 Å². The Hall–Kier alpha value is -1.13. The van der Waals surface area contributed by atoms with Crippen molar-refractivity contribution in [2.45, 2.75) is 54.9 Å². The molecule has 0 aromatic heterocycles. The van der Waals surface area contributed by atoms with E-state index in [9.17, 15) is 65.9 Å². The number of ether oxygens (including phenoxy) is 1. The zero-order chi connectivity index (χ0) is 22.5. The summed E-state index contributed by atoms with van der Waals surface area (Å²) in [7, 11) is 0. The normalized spacial score (nSPS) is 17.2. The summed E-state index contributed by atoms with van der Waals surface area (Å²) >= 11 is 0. The highest BCUT2D eigenvalue weighted by Gasteiger charge is 2.97. The molecule has 0 aliphatic rings. The van der Waals surface area contributed by atoms with Gasteiger partial charge in [0, 0.05) is 0 Å². The molecule has 0 amide bonds. The van der Waals surface area contributed by atoms with Crippen LogP contribution in [0.4, 0.5) is 65.9 Å². The highest BCUT2D eigenvalue weighted by atomic mass is 19.4. The summed E-state index contributed by atoms with van der Waals surface area (Å²) in [6.45, 7) is -2.17. The summed E-state index contributed by atoms with van der Waals surface area (Å²) in [5.74, 6) is -24.3. The van der Waals surface area contributed by atoms with Crippen molar-refractivity contribution in [2.24, 2.45) is 0 Å². The number of aliphatic hydroxyl groups excluding tert-OH is 1. The lowest BCUT2D eigenvalue weighted by Gasteiger charge is -2.49. The van der Waals surface area contributed by atoms with Crippen LogP contribution in [0, 0.1) is 0 Å². The summed E-state index contributed by atoms with van der Waals surface area (Å²) in [6, 6.07) is 0. The molecule has 1 N–H and O–H groups in total. The van der Waals surface area contributed by atoms with Gasteiger partial charge in [-0.25, -0.2) is 0 Å². The van der Waals surface area contributed by atoms with Crippen molar-refractivity contribution in [3.63, 3.8) is 0 Å². The molecule has 0 aromatic carbocycles. The van der Waals surface area contributed by atoms with E-state index in [1.165, 1.54) is 0 Å². The third-order valence-electron chi connectivity index (χ3n) is 3.03. The Kier molecular flexibility index (Phi) is 6.45. The van der Waals surface area contributed by atoms with E-state index in [1.807, 2.05) is 0 Å². The number of hydrogen-bond donors (Lipinski definition) is 1. The van der Waals surface area contributed by atoms with Crippen LogP contribution in [0.1, 0.15) is 6.92 Å². The number of halogens is 15. The Morgan fingerprint density at radius 1 is 0.593 bits per heavy atom. The van der Waals surface area contributed by atoms with Crippen LogP contribution in [0.5, 0.6) is 0 Å². The van der Waals surface area contributed by atoms with Crippen LogP contribution in [0.25, 0.3) is 0 Å². The van der Waals surface area contributed by atoms with Gasteiger partial charge in [0.2, 0.25) is 0 Å². The maximum Gasteiger partial charge on any atom is 0.456 e. The van der Waals surface area contributed by atoms with Gasteiger partial charge in [0.25, 0.3) is 5.60 Å². The molecule has 0 aromatic rings. The Morgan fingerprint density at radius 2 is 0.815 bits per heavy atom. The number of aliphatic hydroxyl groups is 1. The van der Waals surface area contributed by atoms with Crippen molar-refractivity contribution in [3.8, 4) is 0 Å². The van der Waals surface area contributed by atoms with Crippen molar-refractivity contribution in [3.05, 3.63) is 0 Å². The SMILES string of the molecule is CC(CO)OC(C(F)(F)C(F)(F)F)(C(F)(F)C(F)(F)F)C(F)(F)C(F)(F)F. The zero-order valence-electron chi connectivity index (χ0n) is 12.3. The first-order valence-corrected chi connectivity index (χ1v) is 6.08. The van der Waals surface area contributed by atoms with Gasteiger partial charge in [-0.05, 0) is 6.92 Å². The zero-order valence-corrected chi connectivity index (χ0v) is 12.3. The first-order chi connectivity index (χ1) is 11.5. The molecule has 0 spiro atoms. The summed E-state index contributed by atoms with van der Waals surface area (Å²) in [6.07, 6.45) is -26.5. The first kappa shape index (κ1) is 25.9. The van der Waals surface area contributed by atoms with Crippen molar-refractivity contribution in [1.29, 1.82) is 0 Å². The van der Waals surface area contributed by atoms with E-state index in [1.54, 1.807) is 0 Å². The van der Waals surface area contributed by atoms with Gasteiger partial charge in [0.15, 0.2) is 0 Å². The van der Waals surface area contributed by atoms with E-state index in [4.69, 9.17) is 5.11 Å². The summed E-state index contributed by atoms with van der Waals surface area (Å²) in [4.78, 5) is 0. The van der Waals surface area contributed by atoms with Gasteiger partial charge in [0.1, 0.15) is 0 Å². The van der Waals surface area contributed by atoms with Gasteiger partial charge in [-0.1, -0.05) is 0 Å². The molecule has 0 saturated carbocycles. The molecule has 0 saturated heterocycles. The van der Waals surface area contributed by atoms with Crippen molar-refractivity contribution >= 4 is 0 Å². The Bertz CT molecular complexity index is 450. The van der Waals surface area contributed by atoms with Gasteiger partial charge in [-0.2, -0.15) is 65.9 Å². The summed E-state index contributed by atoms with van der Waals surface area (Å²) in [5.41, 5.74) is -7.87. The lowest BCUT2D eigenvalue weighted by atomic mass is 9.79. The first-order valence-electron chi connectivity index (χ1n) is 6.08. The molecular formula is C10H7F15O2. The fourth-order valence-electron chi connectivity index (χ4n) is 1.75. The predicted molar refractivity (Wildman–Crippen MR) is 53.4 cm³/mol. The number of alkyl halides is 15. The molecule has 1 atom stereocenters. The molecule has 2 nitrogen and oxygen atoms in total. The molecule has 0 radical (unpaired) electrons. The minimum absolute atomic E-state index is 0.0971. The largest absolute Gasteiger partial charge is 0.456 e. The predicted octanol–water partition coefficient (Wildman–Crippen LogP) is 4.72. The molecule has 1 unspecified atom stereocenters. The fourth-order valence-corrected chi connectivity index (χ4v) is 1.75. The van der Waals surface area contributed by atoms with E-state index < -0.39 is 54.6 Å². The van der Waals surface area contributed by atoms with Crippen molar-refractivity contribution in [2.75, 3.05) is 6.61 Å². The summed E-state index contributed by atoms with van der Waals surface area (Å²) in [5, 5.41) is 8.40. The maximum atomic E-state index is 13.5. The average molecular weight is 444 g/mol. The van der Waals surface area contributed by atoms with Gasteiger partial charge in [0.05, 0.1) is 12.7 Å². The molecule has 0 bridgehead atoms. The van der Waals surface area contributed by atoms with Crippen LogP contribution in [0.3, 0.4) is 0 Å². The molecular weight excluding hydrogens is 437 g/mol. The Morgan fingerprint density at radius 3 is 0.963 bits per heavy atom. The Balaban J connectivity index is 7.51. The van der Waals surface area contributed by atoms with E-state index in [0.717, 1.165) is 0 Å². The second-order valence-electron chi connectivity index (χ2n) is 5.01. The van der Waals surface area contributed by atoms with Gasteiger partial charge in [-0.3, -0.25) is 0 Å². The molecule has 0 rings (SSSR count). The fraction of sp³-hybridized carbons (Fsp3) is 1.00. The second kappa shape index (κ2) is 6.73. The third kappa shape index (κ3) is 3.63. The van der Waals surface area contributed by atoms with Crippen molar-refractivity contribution in [1.82, 2.24) is 0 Å². The smallest absolute Gasteiger partial charge is 0.394 e. The molecule has 0 aliphatic carbocycles. The number of rotatable bonds is 6. The van der Waals surface area contributed by atoms with Crippen LogP contribution in [0.2, 0.25) is 0 Å². The quantitative estimate of drug-likeness (QED) is 0.602. The van der Waals surface area contributed by atoms with E-state index in [2.05, 4.69) is 4.74 Å². The highest BCUT2D eigenvalue weighted by molar-refractivity contribution is 5.20. The lowest BCUT2D eigenvalue weighted by molar-refractivity contribution is -0.499. The van der Waals surface area contributed by atoms with Crippen molar-refractivity contribution < 1.29 is 75.7 Å². The lowest BCUT2D eigenvalue weighted by Crippen LogP contribution is -2.81. The standard InChI is InChI=1S/C10H7F15O2/c1-3(2-26)27-4(5(11,12)8(17,18)19,6(13,14)9(20,21)22)7(15,16)10(23,24)25/h3,26H,2H2,1H3.